The molecule has 0 radical (unpaired) electrons. The van der Waals surface area contributed by atoms with Crippen molar-refractivity contribution < 1.29 is 9.59 Å². The fraction of sp³-hybridized carbons (Fsp3) is 0.455. The van der Waals surface area contributed by atoms with Crippen LogP contribution in [0.1, 0.15) is 34.5 Å². The van der Waals surface area contributed by atoms with Gasteiger partial charge in [0.25, 0.3) is 5.91 Å². The normalized spacial score (nSPS) is 21.0. The summed E-state index contributed by atoms with van der Waals surface area (Å²) < 4.78 is 0. The molecule has 0 aliphatic carbocycles. The lowest BCUT2D eigenvalue weighted by atomic mass is 9.95. The van der Waals surface area contributed by atoms with Crippen LogP contribution in [0.25, 0.3) is 0 Å². The topological polar surface area (TPSA) is 52.7 Å². The SMILES string of the molecule is O=C(N[C@H]1CCN(Cc2ccccc2)C1)C1CCN(C(=O)c2cccs2)CC1. The number of likely N-dealkylation sites (tertiary alicyclic amines) is 2. The summed E-state index contributed by atoms with van der Waals surface area (Å²) in [5, 5.41) is 5.18. The van der Waals surface area contributed by atoms with E-state index in [-0.39, 0.29) is 23.8 Å². The fourth-order valence-corrected chi connectivity index (χ4v) is 4.85. The molecule has 2 amide bonds. The Kier molecular flexibility index (Phi) is 6.07. The molecule has 1 atom stereocenters. The molecule has 1 aromatic heterocycles. The van der Waals surface area contributed by atoms with Gasteiger partial charge in [0.1, 0.15) is 0 Å². The van der Waals surface area contributed by atoms with E-state index in [1.807, 2.05) is 28.5 Å². The molecule has 1 aromatic carbocycles. The number of nitrogens with zero attached hydrogens (tertiary/aromatic N) is 2. The van der Waals surface area contributed by atoms with Gasteiger partial charge in [-0.25, -0.2) is 0 Å². The number of amides is 2. The monoisotopic (exact) mass is 397 g/mol. The van der Waals surface area contributed by atoms with E-state index in [9.17, 15) is 9.59 Å². The highest BCUT2D eigenvalue weighted by atomic mass is 32.1. The van der Waals surface area contributed by atoms with Crippen LogP contribution in [-0.2, 0) is 11.3 Å². The van der Waals surface area contributed by atoms with Gasteiger partial charge in [0.05, 0.1) is 4.88 Å². The van der Waals surface area contributed by atoms with Gasteiger partial charge in [-0.3, -0.25) is 14.5 Å². The average molecular weight is 398 g/mol. The number of benzene rings is 1. The molecule has 1 N–H and O–H groups in total. The van der Waals surface area contributed by atoms with E-state index in [1.54, 1.807) is 0 Å². The van der Waals surface area contributed by atoms with Gasteiger partial charge < -0.3 is 10.2 Å². The maximum atomic E-state index is 12.7. The zero-order chi connectivity index (χ0) is 19.3. The highest BCUT2D eigenvalue weighted by Gasteiger charge is 2.31. The van der Waals surface area contributed by atoms with Gasteiger partial charge in [-0.15, -0.1) is 11.3 Å². The van der Waals surface area contributed by atoms with Crippen molar-refractivity contribution in [3.63, 3.8) is 0 Å². The molecule has 0 spiro atoms. The van der Waals surface area contributed by atoms with Gasteiger partial charge in [-0.2, -0.15) is 0 Å². The Hall–Kier alpha value is -2.18. The molecule has 2 aliphatic heterocycles. The minimum Gasteiger partial charge on any atom is -0.352 e. The molecular formula is C22H27N3O2S. The van der Waals surface area contributed by atoms with Crippen molar-refractivity contribution in [1.82, 2.24) is 15.1 Å². The first-order chi connectivity index (χ1) is 13.7. The Morgan fingerprint density at radius 1 is 1.00 bits per heavy atom. The first-order valence-corrected chi connectivity index (χ1v) is 11.0. The van der Waals surface area contributed by atoms with Crippen molar-refractivity contribution in [2.45, 2.75) is 31.8 Å². The number of rotatable bonds is 5. The third-order valence-corrected chi connectivity index (χ3v) is 6.61. The van der Waals surface area contributed by atoms with E-state index < -0.39 is 0 Å². The summed E-state index contributed by atoms with van der Waals surface area (Å²) in [5.74, 6) is 0.284. The zero-order valence-corrected chi connectivity index (χ0v) is 16.9. The van der Waals surface area contributed by atoms with Crippen molar-refractivity contribution in [3.05, 3.63) is 58.3 Å². The number of hydrogen-bond acceptors (Lipinski definition) is 4. The largest absolute Gasteiger partial charge is 0.352 e. The summed E-state index contributed by atoms with van der Waals surface area (Å²) in [5.41, 5.74) is 1.32. The Balaban J connectivity index is 1.21. The molecule has 6 heteroatoms. The number of hydrogen-bond donors (Lipinski definition) is 1. The second-order valence-electron chi connectivity index (χ2n) is 7.76. The van der Waals surface area contributed by atoms with E-state index in [1.165, 1.54) is 16.9 Å². The number of piperidine rings is 1. The Morgan fingerprint density at radius 2 is 1.79 bits per heavy atom. The fourth-order valence-electron chi connectivity index (χ4n) is 4.16. The van der Waals surface area contributed by atoms with Crippen molar-refractivity contribution in [1.29, 1.82) is 0 Å². The van der Waals surface area contributed by atoms with Crippen molar-refractivity contribution in [3.8, 4) is 0 Å². The van der Waals surface area contributed by atoms with Crippen LogP contribution >= 0.6 is 11.3 Å². The van der Waals surface area contributed by atoms with Gasteiger partial charge in [0.15, 0.2) is 0 Å². The van der Waals surface area contributed by atoms with Gasteiger partial charge in [-0.1, -0.05) is 36.4 Å². The van der Waals surface area contributed by atoms with Crippen LogP contribution in [0.3, 0.4) is 0 Å². The summed E-state index contributed by atoms with van der Waals surface area (Å²) in [4.78, 5) is 30.2. The smallest absolute Gasteiger partial charge is 0.263 e. The van der Waals surface area contributed by atoms with E-state index in [4.69, 9.17) is 0 Å². The van der Waals surface area contributed by atoms with Crippen molar-refractivity contribution >= 4 is 23.2 Å². The minimum atomic E-state index is 0.0237. The summed E-state index contributed by atoms with van der Waals surface area (Å²) in [7, 11) is 0. The quantitative estimate of drug-likeness (QED) is 0.844. The number of thiophene rings is 1. The molecule has 0 bridgehead atoms. The van der Waals surface area contributed by atoms with Gasteiger partial charge in [-0.05, 0) is 36.3 Å². The average Bonchev–Trinajstić information content (AvgIpc) is 3.41. The van der Waals surface area contributed by atoms with Gasteiger partial charge in [0.2, 0.25) is 5.91 Å². The van der Waals surface area contributed by atoms with E-state index >= 15 is 0 Å². The second-order valence-corrected chi connectivity index (χ2v) is 8.71. The third-order valence-electron chi connectivity index (χ3n) is 5.75. The van der Waals surface area contributed by atoms with Crippen LogP contribution in [0, 0.1) is 5.92 Å². The van der Waals surface area contributed by atoms with Crippen LogP contribution < -0.4 is 5.32 Å². The zero-order valence-electron chi connectivity index (χ0n) is 16.0. The van der Waals surface area contributed by atoms with Crippen LogP contribution in [0.4, 0.5) is 0 Å². The molecule has 4 rings (SSSR count). The molecule has 0 unspecified atom stereocenters. The molecule has 2 aliphatic rings. The standard InChI is InChI=1S/C22H27N3O2S/c26-21(18-8-12-25(13-9-18)22(27)20-7-4-14-28-20)23-19-10-11-24(16-19)15-17-5-2-1-3-6-17/h1-7,14,18-19H,8-13,15-16H2,(H,23,26)/t19-/m0/s1. The molecule has 2 fully saturated rings. The number of carbonyl (C=O) groups is 2. The van der Waals surface area contributed by atoms with Crippen molar-refractivity contribution in [2.75, 3.05) is 26.2 Å². The molecule has 2 saturated heterocycles. The molecule has 5 nitrogen and oxygen atoms in total. The number of carbonyl (C=O) groups excluding carboxylic acids is 2. The summed E-state index contributed by atoms with van der Waals surface area (Å²) >= 11 is 1.48. The summed E-state index contributed by atoms with van der Waals surface area (Å²) in [6, 6.07) is 14.5. The predicted molar refractivity (Wildman–Crippen MR) is 111 cm³/mol. The maximum absolute atomic E-state index is 12.7. The molecule has 3 heterocycles. The Labute approximate surface area is 170 Å². The van der Waals surface area contributed by atoms with E-state index in [0.29, 0.717) is 13.1 Å². The molecule has 2 aromatic rings. The number of nitrogens with one attached hydrogen (secondary N) is 1. The Morgan fingerprint density at radius 3 is 2.50 bits per heavy atom. The Bertz CT molecular complexity index is 785. The molecular weight excluding hydrogens is 370 g/mol. The first kappa shape index (κ1) is 19.2. The lowest BCUT2D eigenvalue weighted by Gasteiger charge is -2.31. The minimum absolute atomic E-state index is 0.0237. The molecule has 148 valence electrons. The lowest BCUT2D eigenvalue weighted by Crippen LogP contribution is -2.45. The first-order valence-electron chi connectivity index (χ1n) is 10.1. The van der Waals surface area contributed by atoms with Crippen LogP contribution in [0.5, 0.6) is 0 Å². The van der Waals surface area contributed by atoms with Gasteiger partial charge in [0, 0.05) is 44.7 Å². The summed E-state index contributed by atoms with van der Waals surface area (Å²) in [6.07, 6.45) is 2.51. The van der Waals surface area contributed by atoms with Crippen LogP contribution in [0.2, 0.25) is 0 Å². The van der Waals surface area contributed by atoms with Crippen LogP contribution in [-0.4, -0.2) is 53.8 Å². The maximum Gasteiger partial charge on any atom is 0.263 e. The highest BCUT2D eigenvalue weighted by molar-refractivity contribution is 7.12. The third kappa shape index (κ3) is 4.62. The summed E-state index contributed by atoms with van der Waals surface area (Å²) in [6.45, 7) is 4.21. The molecule has 0 saturated carbocycles. The lowest BCUT2D eigenvalue weighted by molar-refractivity contribution is -0.126. The highest BCUT2D eigenvalue weighted by Crippen LogP contribution is 2.22. The van der Waals surface area contributed by atoms with E-state index in [2.05, 4.69) is 34.5 Å². The van der Waals surface area contributed by atoms with Crippen LogP contribution in [0.15, 0.2) is 47.8 Å². The van der Waals surface area contributed by atoms with Gasteiger partial charge >= 0.3 is 0 Å². The van der Waals surface area contributed by atoms with Crippen molar-refractivity contribution in [2.24, 2.45) is 5.92 Å². The molecule has 28 heavy (non-hydrogen) atoms. The second kappa shape index (κ2) is 8.88. The predicted octanol–water partition coefficient (Wildman–Crippen LogP) is 2.99. The van der Waals surface area contributed by atoms with E-state index in [0.717, 1.165) is 43.8 Å².